The SMILES string of the molecule is CC1(C)C[C@H](O)[C@H](C[NH+]2CCOCC2)CO1. The quantitative estimate of drug-likeness (QED) is 0.645. The molecule has 2 N–H and O–H groups in total. The molecular weight excluding hydrogens is 206 g/mol. The largest absolute Gasteiger partial charge is 0.392 e. The van der Waals surface area contributed by atoms with Crippen LogP contribution in [0.4, 0.5) is 0 Å². The topological polar surface area (TPSA) is 43.1 Å². The monoisotopic (exact) mass is 230 g/mol. The summed E-state index contributed by atoms with van der Waals surface area (Å²) in [4.78, 5) is 1.54. The van der Waals surface area contributed by atoms with E-state index in [1.807, 2.05) is 13.8 Å². The second-order valence-electron chi connectivity index (χ2n) is 5.67. The van der Waals surface area contributed by atoms with Gasteiger partial charge in [-0.3, -0.25) is 0 Å². The van der Waals surface area contributed by atoms with E-state index in [0.717, 1.165) is 39.3 Å². The van der Waals surface area contributed by atoms with Crippen LogP contribution < -0.4 is 4.90 Å². The molecule has 0 unspecified atom stereocenters. The van der Waals surface area contributed by atoms with Crippen LogP contribution in [-0.2, 0) is 9.47 Å². The van der Waals surface area contributed by atoms with Crippen molar-refractivity contribution in [1.29, 1.82) is 0 Å². The van der Waals surface area contributed by atoms with E-state index in [9.17, 15) is 5.11 Å². The van der Waals surface area contributed by atoms with Gasteiger partial charge in [-0.05, 0) is 13.8 Å². The van der Waals surface area contributed by atoms with Crippen molar-refractivity contribution in [3.63, 3.8) is 0 Å². The van der Waals surface area contributed by atoms with Gasteiger partial charge in [0.25, 0.3) is 0 Å². The van der Waals surface area contributed by atoms with Crippen LogP contribution in [0.2, 0.25) is 0 Å². The zero-order chi connectivity index (χ0) is 11.6. The van der Waals surface area contributed by atoms with Crippen molar-refractivity contribution in [2.45, 2.75) is 32.0 Å². The van der Waals surface area contributed by atoms with Crippen molar-refractivity contribution >= 4 is 0 Å². The van der Waals surface area contributed by atoms with Crippen LogP contribution in [-0.4, -0.2) is 56.3 Å². The third kappa shape index (κ3) is 3.17. The Balaban J connectivity index is 1.81. The number of hydrogen-bond acceptors (Lipinski definition) is 3. The highest BCUT2D eigenvalue weighted by Crippen LogP contribution is 2.26. The summed E-state index contributed by atoms with van der Waals surface area (Å²) in [5.74, 6) is 0.293. The number of quaternary nitrogens is 1. The van der Waals surface area contributed by atoms with E-state index >= 15 is 0 Å². The average Bonchev–Trinajstić information content (AvgIpc) is 2.23. The zero-order valence-corrected chi connectivity index (χ0v) is 10.4. The summed E-state index contributed by atoms with van der Waals surface area (Å²) in [6.45, 7) is 9.63. The number of rotatable bonds is 2. The maximum absolute atomic E-state index is 10.1. The van der Waals surface area contributed by atoms with E-state index in [0.29, 0.717) is 12.5 Å². The maximum atomic E-state index is 10.1. The Morgan fingerprint density at radius 3 is 2.62 bits per heavy atom. The van der Waals surface area contributed by atoms with E-state index in [1.54, 1.807) is 4.90 Å². The number of nitrogens with one attached hydrogen (secondary N) is 1. The van der Waals surface area contributed by atoms with Gasteiger partial charge in [0, 0.05) is 6.42 Å². The van der Waals surface area contributed by atoms with Gasteiger partial charge in [-0.2, -0.15) is 0 Å². The molecule has 0 aromatic carbocycles. The minimum Gasteiger partial charge on any atom is -0.392 e. The van der Waals surface area contributed by atoms with Gasteiger partial charge >= 0.3 is 0 Å². The highest BCUT2D eigenvalue weighted by Gasteiger charge is 2.36. The molecule has 94 valence electrons. The highest BCUT2D eigenvalue weighted by atomic mass is 16.5. The summed E-state index contributed by atoms with van der Waals surface area (Å²) >= 11 is 0. The summed E-state index contributed by atoms with van der Waals surface area (Å²) in [7, 11) is 0. The first-order valence-electron chi connectivity index (χ1n) is 6.30. The van der Waals surface area contributed by atoms with Crippen LogP contribution in [0.15, 0.2) is 0 Å². The van der Waals surface area contributed by atoms with E-state index in [1.165, 1.54) is 0 Å². The molecule has 0 aromatic rings. The molecule has 2 aliphatic heterocycles. The van der Waals surface area contributed by atoms with E-state index in [2.05, 4.69) is 0 Å². The summed E-state index contributed by atoms with van der Waals surface area (Å²) in [6, 6.07) is 0. The number of ether oxygens (including phenoxy) is 2. The van der Waals surface area contributed by atoms with Gasteiger partial charge in [-0.1, -0.05) is 0 Å². The molecule has 2 rings (SSSR count). The van der Waals surface area contributed by atoms with Gasteiger partial charge < -0.3 is 19.5 Å². The average molecular weight is 230 g/mol. The van der Waals surface area contributed by atoms with Crippen LogP contribution >= 0.6 is 0 Å². The molecule has 0 radical (unpaired) electrons. The fourth-order valence-corrected chi connectivity index (χ4v) is 2.60. The molecule has 4 heteroatoms. The lowest BCUT2D eigenvalue weighted by molar-refractivity contribution is -0.912. The molecule has 0 spiro atoms. The van der Waals surface area contributed by atoms with Crippen molar-refractivity contribution in [2.24, 2.45) is 5.92 Å². The summed E-state index contributed by atoms with van der Waals surface area (Å²) in [5, 5.41) is 10.1. The summed E-state index contributed by atoms with van der Waals surface area (Å²) in [5.41, 5.74) is -0.156. The van der Waals surface area contributed by atoms with Crippen LogP contribution in [0.1, 0.15) is 20.3 Å². The highest BCUT2D eigenvalue weighted by molar-refractivity contribution is 4.83. The van der Waals surface area contributed by atoms with Crippen LogP contribution in [0.25, 0.3) is 0 Å². The Labute approximate surface area is 97.5 Å². The second kappa shape index (κ2) is 5.00. The lowest BCUT2D eigenvalue weighted by Crippen LogP contribution is -3.15. The van der Waals surface area contributed by atoms with Crippen molar-refractivity contribution in [3.8, 4) is 0 Å². The van der Waals surface area contributed by atoms with E-state index < -0.39 is 0 Å². The summed E-state index contributed by atoms with van der Waals surface area (Å²) < 4.78 is 11.1. The molecule has 0 aromatic heterocycles. The molecule has 2 fully saturated rings. The lowest BCUT2D eigenvalue weighted by atomic mass is 9.88. The Bertz CT molecular complexity index is 226. The Morgan fingerprint density at radius 2 is 2.00 bits per heavy atom. The lowest BCUT2D eigenvalue weighted by Gasteiger charge is -2.39. The smallest absolute Gasteiger partial charge is 0.101 e. The first-order chi connectivity index (χ1) is 7.57. The third-order valence-electron chi connectivity index (χ3n) is 3.68. The Morgan fingerprint density at radius 1 is 1.31 bits per heavy atom. The molecule has 2 saturated heterocycles. The van der Waals surface area contributed by atoms with Crippen LogP contribution in [0.3, 0.4) is 0 Å². The van der Waals surface area contributed by atoms with Crippen molar-refractivity contribution in [2.75, 3.05) is 39.5 Å². The van der Waals surface area contributed by atoms with Crippen molar-refractivity contribution in [3.05, 3.63) is 0 Å². The van der Waals surface area contributed by atoms with Gasteiger partial charge in [-0.25, -0.2) is 0 Å². The number of hydrogen-bond donors (Lipinski definition) is 2. The van der Waals surface area contributed by atoms with Gasteiger partial charge in [-0.15, -0.1) is 0 Å². The number of morpholine rings is 1. The molecule has 0 aliphatic carbocycles. The first-order valence-corrected chi connectivity index (χ1v) is 6.30. The second-order valence-corrected chi connectivity index (χ2v) is 5.67. The molecular formula is C12H24NO3+. The predicted molar refractivity (Wildman–Crippen MR) is 60.5 cm³/mol. The molecule has 0 bridgehead atoms. The minimum absolute atomic E-state index is 0.156. The van der Waals surface area contributed by atoms with E-state index in [4.69, 9.17) is 9.47 Å². The molecule has 2 atom stereocenters. The van der Waals surface area contributed by atoms with Gasteiger partial charge in [0.15, 0.2) is 0 Å². The van der Waals surface area contributed by atoms with Crippen molar-refractivity contribution < 1.29 is 19.5 Å². The summed E-state index contributed by atoms with van der Waals surface area (Å²) in [6.07, 6.45) is 0.542. The van der Waals surface area contributed by atoms with Crippen LogP contribution in [0.5, 0.6) is 0 Å². The molecule has 4 nitrogen and oxygen atoms in total. The molecule has 2 aliphatic rings. The third-order valence-corrected chi connectivity index (χ3v) is 3.68. The Hall–Kier alpha value is -0.160. The van der Waals surface area contributed by atoms with Gasteiger partial charge in [0.05, 0.1) is 44.0 Å². The van der Waals surface area contributed by atoms with Gasteiger partial charge in [0.1, 0.15) is 13.1 Å². The fraction of sp³-hybridized carbons (Fsp3) is 1.00. The zero-order valence-electron chi connectivity index (χ0n) is 10.4. The van der Waals surface area contributed by atoms with Gasteiger partial charge in [0.2, 0.25) is 0 Å². The molecule has 0 saturated carbocycles. The molecule has 16 heavy (non-hydrogen) atoms. The normalized spacial score (nSPS) is 36.2. The Kier molecular flexibility index (Phi) is 3.85. The predicted octanol–water partition coefficient (Wildman–Crippen LogP) is -0.922. The van der Waals surface area contributed by atoms with Crippen molar-refractivity contribution in [1.82, 2.24) is 0 Å². The maximum Gasteiger partial charge on any atom is 0.101 e. The number of aliphatic hydroxyl groups excluding tert-OH is 1. The van der Waals surface area contributed by atoms with E-state index in [-0.39, 0.29) is 11.7 Å². The molecule has 2 heterocycles. The van der Waals surface area contributed by atoms with Crippen LogP contribution in [0, 0.1) is 5.92 Å². The number of aliphatic hydroxyl groups is 1. The minimum atomic E-state index is -0.209. The fourth-order valence-electron chi connectivity index (χ4n) is 2.60. The first kappa shape index (κ1) is 12.3. The molecule has 0 amide bonds. The standard InChI is InChI=1S/C12H23NO3/c1-12(2)7-11(14)10(9-16-12)8-13-3-5-15-6-4-13/h10-11,14H,3-9H2,1-2H3/p+1/t10-,11+/m1/s1.